The molecule has 1 aromatic carbocycles. The van der Waals surface area contributed by atoms with Gasteiger partial charge in [0.05, 0.1) is 3.79 Å². The van der Waals surface area contributed by atoms with Gasteiger partial charge in [-0.2, -0.15) is 0 Å². The van der Waals surface area contributed by atoms with Gasteiger partial charge in [-0.05, 0) is 52.3 Å². The number of hydrogen-bond donors (Lipinski definition) is 1. The van der Waals surface area contributed by atoms with Crippen LogP contribution >= 0.6 is 39.0 Å². The van der Waals surface area contributed by atoms with Crippen LogP contribution in [0.5, 0.6) is 0 Å². The van der Waals surface area contributed by atoms with Gasteiger partial charge in [-0.1, -0.05) is 19.1 Å². The van der Waals surface area contributed by atoms with Gasteiger partial charge in [0.25, 0.3) is 0 Å². The van der Waals surface area contributed by atoms with Crippen LogP contribution in [0.25, 0.3) is 0 Å². The molecule has 2 aromatic rings. The molecule has 0 aliphatic rings. The molecule has 0 atom stereocenters. The molecule has 1 heterocycles. The maximum atomic E-state index is 3.49. The first-order valence-corrected chi connectivity index (χ1v) is 8.54. The van der Waals surface area contributed by atoms with E-state index in [1.807, 2.05) is 23.1 Å². The fourth-order valence-electron chi connectivity index (χ4n) is 1.56. The lowest BCUT2D eigenvalue weighted by molar-refractivity contribution is 0.726. The van der Waals surface area contributed by atoms with Crippen molar-refractivity contribution < 1.29 is 0 Å². The molecule has 0 aliphatic heterocycles. The quantitative estimate of drug-likeness (QED) is 0.749. The molecule has 0 spiro atoms. The SMILES string of the molecule is CCNCc1ccc(SCc2ccc(Br)s2)cc1. The third kappa shape index (κ3) is 4.43. The molecular formula is C14H16BrNS2. The van der Waals surface area contributed by atoms with Gasteiger partial charge in [0.2, 0.25) is 0 Å². The molecule has 1 nitrogen and oxygen atoms in total. The van der Waals surface area contributed by atoms with Crippen LogP contribution in [0.2, 0.25) is 0 Å². The van der Waals surface area contributed by atoms with Crippen LogP contribution in [-0.2, 0) is 12.3 Å². The van der Waals surface area contributed by atoms with Crippen LogP contribution in [0, 0.1) is 0 Å². The summed E-state index contributed by atoms with van der Waals surface area (Å²) in [6.07, 6.45) is 0. The molecule has 0 saturated heterocycles. The van der Waals surface area contributed by atoms with Gasteiger partial charge in [0, 0.05) is 22.1 Å². The van der Waals surface area contributed by atoms with E-state index in [-0.39, 0.29) is 0 Å². The van der Waals surface area contributed by atoms with Crippen LogP contribution < -0.4 is 5.32 Å². The molecule has 1 N–H and O–H groups in total. The molecule has 0 aliphatic carbocycles. The smallest absolute Gasteiger partial charge is 0.0701 e. The summed E-state index contributed by atoms with van der Waals surface area (Å²) in [7, 11) is 0. The summed E-state index contributed by atoms with van der Waals surface area (Å²) < 4.78 is 1.21. The van der Waals surface area contributed by atoms with Crippen molar-refractivity contribution >= 4 is 39.0 Å². The van der Waals surface area contributed by atoms with Crippen LogP contribution in [0.4, 0.5) is 0 Å². The standard InChI is InChI=1S/C14H16BrNS2/c1-2-16-9-11-3-5-12(6-4-11)17-10-13-7-8-14(15)18-13/h3-8,16H,2,9-10H2,1H3. The maximum Gasteiger partial charge on any atom is 0.0701 e. The number of hydrogen-bond acceptors (Lipinski definition) is 3. The van der Waals surface area contributed by atoms with Gasteiger partial charge in [0.1, 0.15) is 0 Å². The average Bonchev–Trinajstić information content (AvgIpc) is 2.81. The lowest BCUT2D eigenvalue weighted by atomic mass is 10.2. The first-order chi connectivity index (χ1) is 8.78. The largest absolute Gasteiger partial charge is 0.313 e. The molecule has 2 rings (SSSR count). The zero-order valence-corrected chi connectivity index (χ0v) is 13.5. The Bertz CT molecular complexity index is 479. The molecule has 4 heteroatoms. The predicted molar refractivity (Wildman–Crippen MR) is 85.4 cm³/mol. The second kappa shape index (κ2) is 7.34. The normalized spacial score (nSPS) is 10.8. The summed E-state index contributed by atoms with van der Waals surface area (Å²) in [5, 5.41) is 3.33. The van der Waals surface area contributed by atoms with Crippen molar-refractivity contribution in [1.29, 1.82) is 0 Å². The van der Waals surface area contributed by atoms with E-state index in [1.54, 1.807) is 0 Å². The molecule has 96 valence electrons. The summed E-state index contributed by atoms with van der Waals surface area (Å²) in [4.78, 5) is 2.74. The van der Waals surface area contributed by atoms with Crippen molar-refractivity contribution in [2.24, 2.45) is 0 Å². The number of thiophene rings is 1. The van der Waals surface area contributed by atoms with Crippen molar-refractivity contribution in [3.8, 4) is 0 Å². The second-order valence-electron chi connectivity index (χ2n) is 3.92. The number of rotatable bonds is 6. The lowest BCUT2D eigenvalue weighted by Gasteiger charge is -2.04. The fraction of sp³-hybridized carbons (Fsp3) is 0.286. The fourth-order valence-corrected chi connectivity index (χ4v) is 3.98. The molecule has 0 radical (unpaired) electrons. The number of thioether (sulfide) groups is 1. The second-order valence-corrected chi connectivity index (χ2v) is 7.52. The highest BCUT2D eigenvalue weighted by Crippen LogP contribution is 2.29. The molecule has 0 saturated carbocycles. The first-order valence-electron chi connectivity index (χ1n) is 5.94. The molecule has 0 amide bonds. The van der Waals surface area contributed by atoms with E-state index < -0.39 is 0 Å². The van der Waals surface area contributed by atoms with Crippen LogP contribution in [0.15, 0.2) is 45.1 Å². The lowest BCUT2D eigenvalue weighted by Crippen LogP contribution is -2.11. The van der Waals surface area contributed by atoms with Crippen molar-refractivity contribution in [2.75, 3.05) is 6.54 Å². The number of halogens is 1. The van der Waals surface area contributed by atoms with E-state index in [4.69, 9.17) is 0 Å². The summed E-state index contributed by atoms with van der Waals surface area (Å²) in [6, 6.07) is 13.1. The highest BCUT2D eigenvalue weighted by Gasteiger charge is 2.00. The van der Waals surface area contributed by atoms with Crippen LogP contribution in [0.1, 0.15) is 17.4 Å². The monoisotopic (exact) mass is 341 g/mol. The van der Waals surface area contributed by atoms with Crippen molar-refractivity contribution in [1.82, 2.24) is 5.32 Å². The maximum absolute atomic E-state index is 3.49. The van der Waals surface area contributed by atoms with Gasteiger partial charge in [-0.25, -0.2) is 0 Å². The Morgan fingerprint density at radius 3 is 2.56 bits per heavy atom. The zero-order valence-electron chi connectivity index (χ0n) is 10.3. The van der Waals surface area contributed by atoms with Crippen LogP contribution in [-0.4, -0.2) is 6.54 Å². The molecule has 0 bridgehead atoms. The minimum absolute atomic E-state index is 0.958. The summed E-state index contributed by atoms with van der Waals surface area (Å²) >= 11 is 7.19. The topological polar surface area (TPSA) is 12.0 Å². The number of nitrogens with one attached hydrogen (secondary N) is 1. The minimum Gasteiger partial charge on any atom is -0.313 e. The highest BCUT2D eigenvalue weighted by atomic mass is 79.9. The Kier molecular flexibility index (Phi) is 5.76. The van der Waals surface area contributed by atoms with Gasteiger partial charge in [-0.3, -0.25) is 0 Å². The van der Waals surface area contributed by atoms with E-state index in [9.17, 15) is 0 Å². The third-order valence-corrected chi connectivity index (χ3v) is 5.38. The van der Waals surface area contributed by atoms with E-state index in [0.29, 0.717) is 0 Å². The molecule has 0 unspecified atom stereocenters. The molecule has 1 aromatic heterocycles. The average molecular weight is 342 g/mol. The van der Waals surface area contributed by atoms with Crippen molar-refractivity contribution in [3.05, 3.63) is 50.6 Å². The first kappa shape index (κ1) is 14.1. The van der Waals surface area contributed by atoms with Crippen molar-refractivity contribution in [2.45, 2.75) is 24.1 Å². The van der Waals surface area contributed by atoms with E-state index in [1.165, 1.54) is 19.1 Å². The zero-order chi connectivity index (χ0) is 12.8. The van der Waals surface area contributed by atoms with Gasteiger partial charge >= 0.3 is 0 Å². The van der Waals surface area contributed by atoms with Gasteiger partial charge in [0.15, 0.2) is 0 Å². The van der Waals surface area contributed by atoms with Gasteiger partial charge < -0.3 is 5.32 Å². The van der Waals surface area contributed by atoms with Crippen molar-refractivity contribution in [3.63, 3.8) is 0 Å². The number of benzene rings is 1. The Morgan fingerprint density at radius 2 is 1.94 bits per heavy atom. The van der Waals surface area contributed by atoms with E-state index in [0.717, 1.165) is 18.8 Å². The molecule has 18 heavy (non-hydrogen) atoms. The summed E-state index contributed by atoms with van der Waals surface area (Å²) in [5.74, 6) is 1.04. The summed E-state index contributed by atoms with van der Waals surface area (Å²) in [5.41, 5.74) is 1.35. The Hall–Kier alpha value is -0.290. The molecular weight excluding hydrogens is 326 g/mol. The Morgan fingerprint density at radius 1 is 1.17 bits per heavy atom. The summed E-state index contributed by atoms with van der Waals surface area (Å²) in [6.45, 7) is 4.10. The van der Waals surface area contributed by atoms with E-state index in [2.05, 4.69) is 64.6 Å². The molecule has 0 fully saturated rings. The Balaban J connectivity index is 1.86. The van der Waals surface area contributed by atoms with Gasteiger partial charge in [-0.15, -0.1) is 23.1 Å². The minimum atomic E-state index is 0.958. The van der Waals surface area contributed by atoms with E-state index >= 15 is 0 Å². The third-order valence-electron chi connectivity index (χ3n) is 2.51. The van der Waals surface area contributed by atoms with Crippen LogP contribution in [0.3, 0.4) is 0 Å². The highest BCUT2D eigenvalue weighted by molar-refractivity contribution is 9.11. The Labute approximate surface area is 125 Å². The predicted octanol–water partition coefficient (Wildman–Crippen LogP) is 4.91.